The number of aliphatic hydroxyl groups is 1. The zero-order valence-electron chi connectivity index (χ0n) is 12.8. The van der Waals surface area contributed by atoms with Crippen molar-refractivity contribution in [3.63, 3.8) is 0 Å². The lowest BCUT2D eigenvalue weighted by Gasteiger charge is -2.32. The van der Waals surface area contributed by atoms with Crippen molar-refractivity contribution in [3.8, 4) is 0 Å². The van der Waals surface area contributed by atoms with Gasteiger partial charge in [0.15, 0.2) is 0 Å². The quantitative estimate of drug-likeness (QED) is 0.882. The average molecular weight is 313 g/mol. The van der Waals surface area contributed by atoms with Crippen molar-refractivity contribution in [3.05, 3.63) is 28.8 Å². The fourth-order valence-corrected chi connectivity index (χ4v) is 3.89. The molecule has 0 aliphatic carbocycles. The van der Waals surface area contributed by atoms with Crippen LogP contribution in [-0.2, 0) is 14.8 Å². The summed E-state index contributed by atoms with van der Waals surface area (Å²) in [6.45, 7) is 6.56. The van der Waals surface area contributed by atoms with Crippen LogP contribution < -0.4 is 4.72 Å². The number of benzene rings is 1. The van der Waals surface area contributed by atoms with Crippen molar-refractivity contribution in [2.24, 2.45) is 0 Å². The standard InChI is InChI=1S/C15H23NO4S/c1-11-8-13(3)14(9-12(11)2)21(18,19)16-10-15(17)4-6-20-7-5-15/h8-9,16-17H,4-7,10H2,1-3H3. The molecule has 1 aromatic rings. The first-order chi connectivity index (χ1) is 9.73. The van der Waals surface area contributed by atoms with Gasteiger partial charge in [0.2, 0.25) is 10.0 Å². The topological polar surface area (TPSA) is 75.6 Å². The lowest BCUT2D eigenvalue weighted by Crippen LogP contribution is -2.46. The molecular formula is C15H23NO4S. The first kappa shape index (κ1) is 16.4. The molecule has 1 aliphatic heterocycles. The summed E-state index contributed by atoms with van der Waals surface area (Å²) in [6.07, 6.45) is 0.892. The smallest absolute Gasteiger partial charge is 0.240 e. The molecule has 0 aromatic heterocycles. The average Bonchev–Trinajstić information content (AvgIpc) is 2.42. The van der Waals surface area contributed by atoms with Gasteiger partial charge in [-0.1, -0.05) is 6.07 Å². The maximum Gasteiger partial charge on any atom is 0.240 e. The SMILES string of the molecule is Cc1cc(C)c(S(=O)(=O)NCC2(O)CCOCC2)cc1C. The van der Waals surface area contributed by atoms with Gasteiger partial charge in [0.05, 0.1) is 10.5 Å². The number of nitrogens with one attached hydrogen (secondary N) is 1. The van der Waals surface area contributed by atoms with Gasteiger partial charge >= 0.3 is 0 Å². The van der Waals surface area contributed by atoms with E-state index in [1.165, 1.54) is 0 Å². The Balaban J connectivity index is 2.17. The monoisotopic (exact) mass is 313 g/mol. The van der Waals surface area contributed by atoms with Crippen LogP contribution in [0.15, 0.2) is 17.0 Å². The Morgan fingerprint density at radius 1 is 1.14 bits per heavy atom. The van der Waals surface area contributed by atoms with Gasteiger partial charge in [0.25, 0.3) is 0 Å². The van der Waals surface area contributed by atoms with Crippen molar-refractivity contribution >= 4 is 10.0 Å². The molecule has 21 heavy (non-hydrogen) atoms. The number of aryl methyl sites for hydroxylation is 3. The van der Waals surface area contributed by atoms with Crippen LogP contribution in [0.25, 0.3) is 0 Å². The van der Waals surface area contributed by atoms with E-state index in [0.29, 0.717) is 31.6 Å². The molecule has 0 unspecified atom stereocenters. The van der Waals surface area contributed by atoms with Gasteiger partial charge in [0, 0.05) is 32.6 Å². The summed E-state index contributed by atoms with van der Waals surface area (Å²) >= 11 is 0. The van der Waals surface area contributed by atoms with Crippen molar-refractivity contribution in [2.45, 2.75) is 44.1 Å². The lowest BCUT2D eigenvalue weighted by molar-refractivity contribution is -0.0588. The predicted octanol–water partition coefficient (Wildman–Crippen LogP) is 1.43. The van der Waals surface area contributed by atoms with Gasteiger partial charge in [-0.25, -0.2) is 13.1 Å². The first-order valence-electron chi connectivity index (χ1n) is 7.11. The van der Waals surface area contributed by atoms with Crippen molar-refractivity contribution in [2.75, 3.05) is 19.8 Å². The Morgan fingerprint density at radius 3 is 2.33 bits per heavy atom. The summed E-state index contributed by atoms with van der Waals surface area (Å²) in [5.41, 5.74) is 1.70. The minimum absolute atomic E-state index is 0.0189. The molecule has 2 N–H and O–H groups in total. The van der Waals surface area contributed by atoms with E-state index in [1.54, 1.807) is 13.0 Å². The summed E-state index contributed by atoms with van der Waals surface area (Å²) in [7, 11) is -3.62. The summed E-state index contributed by atoms with van der Waals surface area (Å²) in [4.78, 5) is 0.279. The molecule has 0 radical (unpaired) electrons. The Labute approximate surface area is 126 Å². The minimum Gasteiger partial charge on any atom is -0.388 e. The van der Waals surface area contributed by atoms with E-state index in [0.717, 1.165) is 11.1 Å². The summed E-state index contributed by atoms with van der Waals surface area (Å²) in [5, 5.41) is 10.3. The van der Waals surface area contributed by atoms with E-state index >= 15 is 0 Å². The zero-order valence-corrected chi connectivity index (χ0v) is 13.6. The number of hydrogen-bond acceptors (Lipinski definition) is 4. The Kier molecular flexibility index (Phi) is 4.72. The summed E-state index contributed by atoms with van der Waals surface area (Å²) in [6, 6.07) is 3.55. The molecule has 118 valence electrons. The van der Waals surface area contributed by atoms with Crippen LogP contribution in [0.2, 0.25) is 0 Å². The van der Waals surface area contributed by atoms with Gasteiger partial charge < -0.3 is 9.84 Å². The van der Waals surface area contributed by atoms with Crippen molar-refractivity contribution in [1.29, 1.82) is 0 Å². The third-order valence-electron chi connectivity index (χ3n) is 4.10. The van der Waals surface area contributed by atoms with Crippen LogP contribution in [0.4, 0.5) is 0 Å². The highest BCUT2D eigenvalue weighted by Crippen LogP contribution is 2.23. The molecule has 0 atom stereocenters. The maximum absolute atomic E-state index is 12.4. The van der Waals surface area contributed by atoms with Crippen LogP contribution in [0.5, 0.6) is 0 Å². The number of ether oxygens (including phenoxy) is 1. The van der Waals surface area contributed by atoms with Gasteiger partial charge in [-0.05, 0) is 43.5 Å². The number of rotatable bonds is 4. The van der Waals surface area contributed by atoms with E-state index < -0.39 is 15.6 Å². The van der Waals surface area contributed by atoms with E-state index in [4.69, 9.17) is 4.74 Å². The van der Waals surface area contributed by atoms with E-state index in [1.807, 2.05) is 19.9 Å². The maximum atomic E-state index is 12.4. The van der Waals surface area contributed by atoms with Gasteiger partial charge in [0.1, 0.15) is 0 Å². The molecule has 1 aromatic carbocycles. The highest BCUT2D eigenvalue weighted by Gasteiger charge is 2.31. The molecule has 0 bridgehead atoms. The van der Waals surface area contributed by atoms with Crippen molar-refractivity contribution < 1.29 is 18.3 Å². The van der Waals surface area contributed by atoms with Crippen LogP contribution in [0.3, 0.4) is 0 Å². The van der Waals surface area contributed by atoms with E-state index in [9.17, 15) is 13.5 Å². The highest BCUT2D eigenvalue weighted by atomic mass is 32.2. The molecule has 1 heterocycles. The van der Waals surface area contributed by atoms with E-state index in [-0.39, 0.29) is 11.4 Å². The second kappa shape index (κ2) is 6.04. The lowest BCUT2D eigenvalue weighted by atomic mass is 9.95. The van der Waals surface area contributed by atoms with Gasteiger partial charge in [-0.3, -0.25) is 0 Å². The molecule has 2 rings (SSSR count). The van der Waals surface area contributed by atoms with Crippen LogP contribution in [-0.4, -0.2) is 38.9 Å². The Bertz CT molecular complexity index is 619. The molecule has 1 saturated heterocycles. The van der Waals surface area contributed by atoms with Gasteiger partial charge in [-0.15, -0.1) is 0 Å². The molecule has 0 amide bonds. The Hall–Kier alpha value is -0.950. The predicted molar refractivity (Wildman–Crippen MR) is 80.8 cm³/mol. The fraction of sp³-hybridized carbons (Fsp3) is 0.600. The normalized spacial score (nSPS) is 18.7. The summed E-state index contributed by atoms with van der Waals surface area (Å²) in [5.74, 6) is 0. The largest absolute Gasteiger partial charge is 0.388 e. The van der Waals surface area contributed by atoms with E-state index in [2.05, 4.69) is 4.72 Å². The third-order valence-corrected chi connectivity index (χ3v) is 5.64. The minimum atomic E-state index is -3.62. The second-order valence-corrected chi connectivity index (χ2v) is 7.60. The molecule has 0 saturated carbocycles. The molecule has 6 heteroatoms. The second-order valence-electron chi connectivity index (χ2n) is 5.86. The molecule has 5 nitrogen and oxygen atoms in total. The third kappa shape index (κ3) is 3.83. The van der Waals surface area contributed by atoms with Gasteiger partial charge in [-0.2, -0.15) is 0 Å². The zero-order chi connectivity index (χ0) is 15.7. The van der Waals surface area contributed by atoms with Crippen LogP contribution >= 0.6 is 0 Å². The molecule has 1 aliphatic rings. The van der Waals surface area contributed by atoms with Crippen LogP contribution in [0, 0.1) is 20.8 Å². The highest BCUT2D eigenvalue weighted by molar-refractivity contribution is 7.89. The fourth-order valence-electron chi connectivity index (χ4n) is 2.46. The van der Waals surface area contributed by atoms with Crippen molar-refractivity contribution in [1.82, 2.24) is 4.72 Å². The first-order valence-corrected chi connectivity index (χ1v) is 8.59. The molecule has 0 spiro atoms. The van der Waals surface area contributed by atoms with Crippen LogP contribution in [0.1, 0.15) is 29.5 Å². The molecular weight excluding hydrogens is 290 g/mol. The Morgan fingerprint density at radius 2 is 1.71 bits per heavy atom. The number of sulfonamides is 1. The number of hydrogen-bond donors (Lipinski definition) is 2. The molecule has 1 fully saturated rings. The summed E-state index contributed by atoms with van der Waals surface area (Å²) < 4.78 is 32.6.